The molecule has 0 atom stereocenters. The summed E-state index contributed by atoms with van der Waals surface area (Å²) in [5.74, 6) is -2.94. The summed E-state index contributed by atoms with van der Waals surface area (Å²) in [4.78, 5) is 51.7. The first-order chi connectivity index (χ1) is 23.5. The van der Waals surface area contributed by atoms with E-state index < -0.39 is 33.7 Å². The van der Waals surface area contributed by atoms with Crippen LogP contribution in [0.25, 0.3) is 21.5 Å². The average Bonchev–Trinajstić information content (AvgIpc) is 3.08. The monoisotopic (exact) mass is 742 g/mol. The molecule has 240 valence electrons. The molecule has 8 nitrogen and oxygen atoms in total. The van der Waals surface area contributed by atoms with Gasteiger partial charge in [0, 0.05) is 30.4 Å². The van der Waals surface area contributed by atoms with E-state index in [2.05, 4.69) is 0 Å². The summed E-state index contributed by atoms with van der Waals surface area (Å²) >= 11 is 15.5. The minimum absolute atomic E-state index is 0.0160. The summed E-state index contributed by atoms with van der Waals surface area (Å²) in [6, 6.07) is 25.4. The van der Waals surface area contributed by atoms with Crippen molar-refractivity contribution in [3.8, 4) is 0 Å². The predicted molar refractivity (Wildman–Crippen MR) is 184 cm³/mol. The summed E-state index contributed by atoms with van der Waals surface area (Å²) in [6.45, 7) is 0. The lowest BCUT2D eigenvalue weighted by atomic mass is 9.97. The largest absolute Gasteiger partial charge is 0.386 e. The summed E-state index contributed by atoms with van der Waals surface area (Å²) < 4.78 is 37.8. The predicted octanol–water partition coefficient (Wildman–Crippen LogP) is 9.06. The molecule has 8 rings (SSSR count). The molecule has 0 radical (unpaired) electrons. The third-order valence-corrected chi connectivity index (χ3v) is 13.0. The van der Waals surface area contributed by atoms with E-state index in [-0.39, 0.29) is 32.0 Å². The van der Waals surface area contributed by atoms with Crippen molar-refractivity contribution in [2.45, 2.75) is 29.4 Å². The number of rotatable bonds is 6. The van der Waals surface area contributed by atoms with Gasteiger partial charge in [-0.15, -0.1) is 0 Å². The van der Waals surface area contributed by atoms with Gasteiger partial charge in [-0.05, 0) is 83.6 Å². The highest BCUT2D eigenvalue weighted by Crippen LogP contribution is 2.44. The number of esters is 4. The molecule has 13 heteroatoms. The third-order valence-electron chi connectivity index (χ3n) is 8.12. The Kier molecular flexibility index (Phi) is 7.58. The first-order valence-corrected chi connectivity index (χ1v) is 18.2. The number of carbonyl (C=O) groups is 4. The molecule has 6 aromatic carbocycles. The zero-order valence-electron chi connectivity index (χ0n) is 24.5. The van der Waals surface area contributed by atoms with Gasteiger partial charge in [-0.1, -0.05) is 71.0 Å². The minimum atomic E-state index is -4.09. The van der Waals surface area contributed by atoms with E-state index in [1.165, 1.54) is 59.9 Å². The molecule has 0 saturated carbocycles. The van der Waals surface area contributed by atoms with Crippen LogP contribution in [0, 0.1) is 0 Å². The zero-order chi connectivity index (χ0) is 34.2. The molecule has 0 N–H and O–H groups in total. The molecule has 0 aliphatic carbocycles. The topological polar surface area (TPSA) is 121 Å². The van der Waals surface area contributed by atoms with E-state index in [1.807, 2.05) is 0 Å². The second-order valence-electron chi connectivity index (χ2n) is 10.9. The maximum atomic E-state index is 14.0. The minimum Gasteiger partial charge on any atom is -0.386 e. The fourth-order valence-electron chi connectivity index (χ4n) is 5.84. The van der Waals surface area contributed by atoms with Crippen molar-refractivity contribution in [1.29, 1.82) is 0 Å². The standard InChI is InChI=1S/C36H16Cl2O8S3/c37-25-11-7-17(15-29(25)47-27-13-9-23-31-19(27)3-1-5-21(31)33(39)45-35(23)41)49(43,44)18-8-12-26(38)30(16-18)48-28-14-10-24-32-20(28)4-2-6-22(32)34(40)46-36(24)42/h1-16H. The van der Waals surface area contributed by atoms with Crippen LogP contribution < -0.4 is 0 Å². The van der Waals surface area contributed by atoms with Crippen LogP contribution in [0.15, 0.2) is 126 Å². The quantitative estimate of drug-likeness (QED) is 0.121. The highest BCUT2D eigenvalue weighted by Gasteiger charge is 2.30. The molecular formula is C36H16Cl2O8S3. The molecule has 0 spiro atoms. The van der Waals surface area contributed by atoms with Crippen molar-refractivity contribution >= 4 is 102 Å². The number of sulfone groups is 1. The van der Waals surface area contributed by atoms with Gasteiger partial charge < -0.3 is 9.47 Å². The molecule has 0 saturated heterocycles. The van der Waals surface area contributed by atoms with Gasteiger partial charge in [-0.25, -0.2) is 27.6 Å². The molecular weight excluding hydrogens is 727 g/mol. The van der Waals surface area contributed by atoms with E-state index in [9.17, 15) is 27.6 Å². The summed E-state index contributed by atoms with van der Waals surface area (Å²) in [7, 11) is -4.09. The molecule has 0 fully saturated rings. The number of ether oxygens (including phenoxy) is 2. The van der Waals surface area contributed by atoms with E-state index >= 15 is 0 Å². The SMILES string of the molecule is O=C1OC(=O)c2ccc(Sc3cc(S(=O)(=O)c4ccc(Cl)c(Sc5ccc6c7c(cccc57)C(=O)OC6=O)c4)ccc3Cl)c3cccc1c23. The van der Waals surface area contributed by atoms with Crippen molar-refractivity contribution < 1.29 is 37.1 Å². The molecule has 0 amide bonds. The number of cyclic esters (lactones) is 4. The Hall–Kier alpha value is -4.65. The Morgan fingerprint density at radius 3 is 1.27 bits per heavy atom. The van der Waals surface area contributed by atoms with Crippen LogP contribution in [0.2, 0.25) is 10.0 Å². The van der Waals surface area contributed by atoms with Crippen LogP contribution in [0.1, 0.15) is 41.4 Å². The normalized spacial score (nSPS) is 13.9. The van der Waals surface area contributed by atoms with Crippen LogP contribution in [0.3, 0.4) is 0 Å². The number of hydrogen-bond donors (Lipinski definition) is 0. The lowest BCUT2D eigenvalue weighted by Crippen LogP contribution is -2.19. The Balaban J connectivity index is 1.15. The first kappa shape index (κ1) is 31.6. The van der Waals surface area contributed by atoms with Crippen molar-refractivity contribution in [2.24, 2.45) is 0 Å². The Labute approximate surface area is 296 Å². The Morgan fingerprint density at radius 2 is 0.857 bits per heavy atom. The van der Waals surface area contributed by atoms with Crippen molar-refractivity contribution in [2.75, 3.05) is 0 Å². The van der Waals surface area contributed by atoms with Crippen LogP contribution in [-0.4, -0.2) is 32.3 Å². The molecule has 6 aromatic rings. The molecule has 2 heterocycles. The second kappa shape index (κ2) is 11.7. The summed E-state index contributed by atoms with van der Waals surface area (Å²) in [5, 5.41) is 2.77. The lowest BCUT2D eigenvalue weighted by Gasteiger charge is -2.18. The second-order valence-corrected chi connectivity index (χ2v) is 15.9. The van der Waals surface area contributed by atoms with Gasteiger partial charge >= 0.3 is 23.9 Å². The van der Waals surface area contributed by atoms with Crippen LogP contribution in [-0.2, 0) is 19.3 Å². The van der Waals surface area contributed by atoms with Crippen LogP contribution in [0.4, 0.5) is 0 Å². The number of benzene rings is 6. The zero-order valence-corrected chi connectivity index (χ0v) is 28.4. The van der Waals surface area contributed by atoms with E-state index in [0.717, 1.165) is 0 Å². The molecule has 0 bridgehead atoms. The third kappa shape index (κ3) is 5.20. The highest BCUT2D eigenvalue weighted by molar-refractivity contribution is 8.00. The molecule has 2 aliphatic rings. The fraction of sp³-hybridized carbons (Fsp3) is 0. The van der Waals surface area contributed by atoms with Gasteiger partial charge in [0.2, 0.25) is 9.84 Å². The van der Waals surface area contributed by atoms with Crippen molar-refractivity contribution in [3.05, 3.63) is 129 Å². The van der Waals surface area contributed by atoms with Gasteiger partial charge in [0.15, 0.2) is 0 Å². The Bertz CT molecular complexity index is 2420. The van der Waals surface area contributed by atoms with E-state index in [1.54, 1.807) is 60.7 Å². The fourth-order valence-corrected chi connectivity index (χ4v) is 9.78. The maximum absolute atomic E-state index is 14.0. The number of halogens is 2. The molecule has 0 unspecified atom stereocenters. The average molecular weight is 744 g/mol. The molecule has 49 heavy (non-hydrogen) atoms. The van der Waals surface area contributed by atoms with Crippen molar-refractivity contribution in [1.82, 2.24) is 0 Å². The highest BCUT2D eigenvalue weighted by atomic mass is 35.5. The first-order valence-electron chi connectivity index (χ1n) is 14.4. The van der Waals surface area contributed by atoms with Gasteiger partial charge in [0.1, 0.15) is 0 Å². The van der Waals surface area contributed by atoms with Gasteiger partial charge in [-0.3, -0.25) is 0 Å². The van der Waals surface area contributed by atoms with E-state index in [0.29, 0.717) is 51.2 Å². The maximum Gasteiger partial charge on any atom is 0.346 e. The van der Waals surface area contributed by atoms with Gasteiger partial charge in [0.05, 0.1) is 42.1 Å². The van der Waals surface area contributed by atoms with Crippen LogP contribution >= 0.6 is 46.7 Å². The van der Waals surface area contributed by atoms with E-state index in [4.69, 9.17) is 32.7 Å². The Morgan fingerprint density at radius 1 is 0.469 bits per heavy atom. The van der Waals surface area contributed by atoms with Gasteiger partial charge in [0.25, 0.3) is 0 Å². The lowest BCUT2D eigenvalue weighted by molar-refractivity contribution is 0.0373. The number of hydrogen-bond acceptors (Lipinski definition) is 10. The summed E-state index contributed by atoms with van der Waals surface area (Å²) in [6.07, 6.45) is 0. The van der Waals surface area contributed by atoms with Gasteiger partial charge in [-0.2, -0.15) is 0 Å². The molecule has 0 aromatic heterocycles. The number of carbonyl (C=O) groups excluding carboxylic acids is 4. The summed E-state index contributed by atoms with van der Waals surface area (Å²) in [5.41, 5.74) is 1.04. The van der Waals surface area contributed by atoms with Crippen molar-refractivity contribution in [3.63, 3.8) is 0 Å². The molecule has 2 aliphatic heterocycles. The smallest absolute Gasteiger partial charge is 0.346 e. The van der Waals surface area contributed by atoms with Crippen LogP contribution in [0.5, 0.6) is 0 Å².